The quantitative estimate of drug-likeness (QED) is 0.289. The van der Waals surface area contributed by atoms with Crippen LogP contribution in [0.15, 0.2) is 78.9 Å². The van der Waals surface area contributed by atoms with Crippen molar-refractivity contribution in [3.8, 4) is 11.1 Å². The zero-order valence-corrected chi connectivity index (χ0v) is 20.1. The highest BCUT2D eigenvalue weighted by atomic mass is 35.5. The van der Waals surface area contributed by atoms with Gasteiger partial charge in [-0.3, -0.25) is 4.90 Å². The molecular formula is C27H25ClN2O6. The number of nitrogens with zero attached hydrogens (tertiary/aromatic N) is 2. The maximum Gasteiger partial charge on any atom is 0.445 e. The molecule has 0 atom stereocenters. The summed E-state index contributed by atoms with van der Waals surface area (Å²) < 4.78 is 5.32. The molecule has 1 amide bonds. The van der Waals surface area contributed by atoms with E-state index >= 15 is 0 Å². The molecule has 1 aliphatic rings. The Balaban J connectivity index is 1.35. The molecule has 4 rings (SSSR count). The average molecular weight is 509 g/mol. The average Bonchev–Trinajstić information content (AvgIpc) is 2.88. The number of esters is 1. The van der Waals surface area contributed by atoms with E-state index in [9.17, 15) is 19.5 Å². The van der Waals surface area contributed by atoms with Crippen molar-refractivity contribution in [2.24, 2.45) is 0 Å². The Morgan fingerprint density at radius 3 is 2.31 bits per heavy atom. The first-order valence-corrected chi connectivity index (χ1v) is 11.9. The number of hydrogen-bond donors (Lipinski definition) is 1. The van der Waals surface area contributed by atoms with E-state index in [4.69, 9.17) is 21.2 Å². The van der Waals surface area contributed by atoms with Crippen LogP contribution in [-0.4, -0.2) is 47.2 Å². The molecule has 1 N–H and O–H groups in total. The van der Waals surface area contributed by atoms with Gasteiger partial charge in [0.15, 0.2) is 0 Å². The summed E-state index contributed by atoms with van der Waals surface area (Å²) in [7, 11) is 0. The number of amides is 1. The van der Waals surface area contributed by atoms with Crippen molar-refractivity contribution < 1.29 is 29.1 Å². The third kappa shape index (κ3) is 6.41. The molecule has 1 fully saturated rings. The Bertz CT molecular complexity index is 1230. The fraction of sp³-hybridized carbons (Fsp3) is 0.222. The molecule has 0 aromatic heterocycles. The van der Waals surface area contributed by atoms with Crippen LogP contribution >= 0.6 is 11.6 Å². The summed E-state index contributed by atoms with van der Waals surface area (Å²) >= 11 is 6.05. The molecule has 9 heteroatoms. The highest BCUT2D eigenvalue weighted by Gasteiger charge is 2.31. The lowest BCUT2D eigenvalue weighted by molar-refractivity contribution is -0.172. The number of hydroxylamine groups is 1. The number of hydrogen-bond acceptors (Lipinski definition) is 6. The molecule has 1 saturated heterocycles. The van der Waals surface area contributed by atoms with Gasteiger partial charge in [0.25, 0.3) is 0 Å². The number of para-hydroxylation sites is 1. The van der Waals surface area contributed by atoms with E-state index in [0.29, 0.717) is 41.6 Å². The second-order valence-electron chi connectivity index (χ2n) is 8.35. The fourth-order valence-electron chi connectivity index (χ4n) is 4.10. The molecule has 0 radical (unpaired) electrons. The van der Waals surface area contributed by atoms with E-state index < -0.39 is 24.1 Å². The molecule has 3 aromatic carbocycles. The molecule has 0 spiro atoms. The molecule has 0 saturated carbocycles. The van der Waals surface area contributed by atoms with Gasteiger partial charge >= 0.3 is 18.0 Å². The number of carbonyl (C=O) groups is 3. The van der Waals surface area contributed by atoms with Gasteiger partial charge < -0.3 is 14.7 Å². The number of benzene rings is 3. The molecule has 186 valence electrons. The summed E-state index contributed by atoms with van der Waals surface area (Å²) in [6, 6.07) is 23.2. The lowest BCUT2D eigenvalue weighted by Gasteiger charge is -2.31. The number of carbonyl (C=O) groups excluding carboxylic acids is 2. The first-order chi connectivity index (χ1) is 17.4. The Hall–Kier alpha value is -3.88. The SMILES string of the molecule is O=C(OC1CCN(Cc2cccc(Cl)c2)CC1)C(=O)ON(C(=O)O)c1ccccc1-c1ccccc1. The number of ether oxygens (including phenoxy) is 1. The van der Waals surface area contributed by atoms with Gasteiger partial charge in [-0.15, -0.1) is 5.06 Å². The molecule has 1 heterocycles. The van der Waals surface area contributed by atoms with Gasteiger partial charge in [0, 0.05) is 30.2 Å². The van der Waals surface area contributed by atoms with Crippen molar-refractivity contribution in [3.05, 3.63) is 89.4 Å². The first kappa shape index (κ1) is 25.2. The van der Waals surface area contributed by atoms with Gasteiger partial charge in [-0.1, -0.05) is 72.3 Å². The van der Waals surface area contributed by atoms with Crippen molar-refractivity contribution in [1.82, 2.24) is 4.90 Å². The van der Waals surface area contributed by atoms with Crippen molar-refractivity contribution in [3.63, 3.8) is 0 Å². The Labute approximate surface area is 213 Å². The molecule has 1 aliphatic heterocycles. The zero-order valence-electron chi connectivity index (χ0n) is 19.4. The Morgan fingerprint density at radius 2 is 1.61 bits per heavy atom. The van der Waals surface area contributed by atoms with Gasteiger partial charge in [0.1, 0.15) is 6.10 Å². The van der Waals surface area contributed by atoms with Crippen LogP contribution in [0.25, 0.3) is 11.1 Å². The van der Waals surface area contributed by atoms with E-state index in [1.165, 1.54) is 6.07 Å². The van der Waals surface area contributed by atoms with E-state index in [2.05, 4.69) is 4.90 Å². The predicted octanol–water partition coefficient (Wildman–Crippen LogP) is 5.16. The van der Waals surface area contributed by atoms with Crippen LogP contribution in [0.2, 0.25) is 5.02 Å². The number of carboxylic acid groups (broad SMARTS) is 1. The topological polar surface area (TPSA) is 96.4 Å². The Morgan fingerprint density at radius 1 is 0.917 bits per heavy atom. The van der Waals surface area contributed by atoms with Crippen LogP contribution < -0.4 is 5.06 Å². The molecule has 36 heavy (non-hydrogen) atoms. The Kier molecular flexibility index (Phi) is 8.20. The van der Waals surface area contributed by atoms with Gasteiger partial charge in [-0.05, 0) is 42.2 Å². The van der Waals surface area contributed by atoms with Crippen LogP contribution in [0.1, 0.15) is 18.4 Å². The number of likely N-dealkylation sites (tertiary alicyclic amines) is 1. The largest absolute Gasteiger partial charge is 0.463 e. The van der Waals surface area contributed by atoms with E-state index in [1.807, 2.05) is 30.3 Å². The van der Waals surface area contributed by atoms with Gasteiger partial charge in [-0.2, -0.15) is 0 Å². The predicted molar refractivity (Wildman–Crippen MR) is 134 cm³/mol. The number of piperidine rings is 1. The highest BCUT2D eigenvalue weighted by molar-refractivity contribution is 6.30. The van der Waals surface area contributed by atoms with E-state index in [1.54, 1.807) is 42.5 Å². The van der Waals surface area contributed by atoms with Crippen LogP contribution in [0, 0.1) is 0 Å². The van der Waals surface area contributed by atoms with Gasteiger partial charge in [0.2, 0.25) is 0 Å². The summed E-state index contributed by atoms with van der Waals surface area (Å²) in [4.78, 5) is 44.0. The first-order valence-electron chi connectivity index (χ1n) is 11.5. The fourth-order valence-corrected chi connectivity index (χ4v) is 4.32. The van der Waals surface area contributed by atoms with Crippen LogP contribution in [0.4, 0.5) is 10.5 Å². The lowest BCUT2D eigenvalue weighted by atomic mass is 10.0. The van der Waals surface area contributed by atoms with E-state index in [0.717, 1.165) is 17.7 Å². The maximum atomic E-state index is 12.5. The number of anilines is 1. The summed E-state index contributed by atoms with van der Waals surface area (Å²) in [5.74, 6) is -2.63. The standard InChI is InChI=1S/C27H25ClN2O6/c28-21-10-6-7-19(17-21)18-29-15-13-22(14-16-29)35-25(31)26(32)36-30(27(33)34)24-12-5-4-11-23(24)20-8-2-1-3-9-20/h1-12,17,22H,13-16,18H2,(H,33,34). The van der Waals surface area contributed by atoms with E-state index in [-0.39, 0.29) is 5.69 Å². The monoisotopic (exact) mass is 508 g/mol. The van der Waals surface area contributed by atoms with Gasteiger partial charge in [-0.25, -0.2) is 14.4 Å². The summed E-state index contributed by atoms with van der Waals surface area (Å²) in [6.45, 7) is 2.06. The lowest BCUT2D eigenvalue weighted by Crippen LogP contribution is -2.40. The molecule has 0 unspecified atom stereocenters. The van der Waals surface area contributed by atoms with Crippen molar-refractivity contribution in [1.29, 1.82) is 0 Å². The van der Waals surface area contributed by atoms with Crippen LogP contribution in [0.3, 0.4) is 0 Å². The van der Waals surface area contributed by atoms with Crippen LogP contribution in [0.5, 0.6) is 0 Å². The molecular weight excluding hydrogens is 484 g/mol. The number of rotatable bonds is 5. The van der Waals surface area contributed by atoms with Crippen molar-refractivity contribution >= 4 is 35.3 Å². The smallest absolute Gasteiger partial charge is 0.445 e. The second kappa shape index (κ2) is 11.7. The van der Waals surface area contributed by atoms with Crippen molar-refractivity contribution in [2.75, 3.05) is 18.2 Å². The molecule has 3 aromatic rings. The minimum atomic E-state index is -1.55. The maximum absolute atomic E-state index is 12.5. The molecule has 8 nitrogen and oxygen atoms in total. The minimum absolute atomic E-state index is 0.103. The molecule has 0 bridgehead atoms. The third-order valence-electron chi connectivity index (χ3n) is 5.83. The van der Waals surface area contributed by atoms with Gasteiger partial charge in [0.05, 0.1) is 5.69 Å². The summed E-state index contributed by atoms with van der Waals surface area (Å²) in [5, 5.41) is 10.8. The zero-order chi connectivity index (χ0) is 25.5. The number of halogens is 1. The van der Waals surface area contributed by atoms with Crippen molar-refractivity contribution in [2.45, 2.75) is 25.5 Å². The minimum Gasteiger partial charge on any atom is -0.463 e. The normalized spacial score (nSPS) is 14.1. The van der Waals surface area contributed by atoms with Crippen LogP contribution in [-0.2, 0) is 25.7 Å². The summed E-state index contributed by atoms with van der Waals surface area (Å²) in [5.41, 5.74) is 2.44. The summed E-state index contributed by atoms with van der Waals surface area (Å²) in [6.07, 6.45) is -0.928. The third-order valence-corrected chi connectivity index (χ3v) is 6.06. The highest BCUT2D eigenvalue weighted by Crippen LogP contribution is 2.31. The second-order valence-corrected chi connectivity index (χ2v) is 8.79. The molecule has 0 aliphatic carbocycles.